The predicted molar refractivity (Wildman–Crippen MR) is 67.6 cm³/mol. The molecule has 2 aliphatic carbocycles. The van der Waals surface area contributed by atoms with Gasteiger partial charge in [0.15, 0.2) is 0 Å². The SMILES string of the molecule is CC1(CNC(=O)CC2(O)CCCC2)CCCC1. The Morgan fingerprint density at radius 1 is 1.12 bits per heavy atom. The molecule has 2 saturated carbocycles. The Labute approximate surface area is 104 Å². The molecule has 2 N–H and O–H groups in total. The van der Waals surface area contributed by atoms with E-state index < -0.39 is 5.60 Å². The Balaban J connectivity index is 1.74. The molecule has 0 heterocycles. The van der Waals surface area contributed by atoms with Crippen molar-refractivity contribution in [3.63, 3.8) is 0 Å². The van der Waals surface area contributed by atoms with Crippen LogP contribution in [0.2, 0.25) is 0 Å². The summed E-state index contributed by atoms with van der Waals surface area (Å²) in [6.45, 7) is 3.03. The summed E-state index contributed by atoms with van der Waals surface area (Å²) >= 11 is 0. The zero-order chi connectivity index (χ0) is 12.4. The number of nitrogens with one attached hydrogen (secondary N) is 1. The molecule has 0 aromatic rings. The third-order valence-electron chi connectivity index (χ3n) is 4.55. The topological polar surface area (TPSA) is 49.3 Å². The van der Waals surface area contributed by atoms with Crippen molar-refractivity contribution in [1.82, 2.24) is 5.32 Å². The van der Waals surface area contributed by atoms with Gasteiger partial charge < -0.3 is 10.4 Å². The summed E-state index contributed by atoms with van der Waals surface area (Å²) in [5.41, 5.74) is -0.408. The first kappa shape index (κ1) is 12.9. The third-order valence-corrected chi connectivity index (χ3v) is 4.55. The summed E-state index contributed by atoms with van der Waals surface area (Å²) < 4.78 is 0. The van der Waals surface area contributed by atoms with Crippen LogP contribution in [0.4, 0.5) is 0 Å². The quantitative estimate of drug-likeness (QED) is 0.791. The number of amides is 1. The van der Waals surface area contributed by atoms with E-state index in [2.05, 4.69) is 12.2 Å². The van der Waals surface area contributed by atoms with Gasteiger partial charge in [0.2, 0.25) is 5.91 Å². The Hall–Kier alpha value is -0.570. The van der Waals surface area contributed by atoms with Gasteiger partial charge in [-0.25, -0.2) is 0 Å². The molecule has 2 fully saturated rings. The summed E-state index contributed by atoms with van der Waals surface area (Å²) in [4.78, 5) is 11.8. The second kappa shape index (κ2) is 4.97. The lowest BCUT2D eigenvalue weighted by molar-refractivity contribution is -0.126. The van der Waals surface area contributed by atoms with Crippen LogP contribution in [0.5, 0.6) is 0 Å². The lowest BCUT2D eigenvalue weighted by Gasteiger charge is -2.26. The highest BCUT2D eigenvalue weighted by Crippen LogP contribution is 2.37. The minimum Gasteiger partial charge on any atom is -0.389 e. The van der Waals surface area contributed by atoms with E-state index in [-0.39, 0.29) is 5.91 Å². The Bertz CT molecular complexity index is 276. The molecule has 1 amide bonds. The van der Waals surface area contributed by atoms with Crippen molar-refractivity contribution in [2.75, 3.05) is 6.54 Å². The van der Waals surface area contributed by atoms with Gasteiger partial charge >= 0.3 is 0 Å². The van der Waals surface area contributed by atoms with E-state index >= 15 is 0 Å². The predicted octanol–water partition coefficient (Wildman–Crippen LogP) is 2.38. The van der Waals surface area contributed by atoms with E-state index in [4.69, 9.17) is 0 Å². The highest BCUT2D eigenvalue weighted by molar-refractivity contribution is 5.77. The minimum atomic E-state index is -0.708. The van der Waals surface area contributed by atoms with Crippen molar-refractivity contribution < 1.29 is 9.90 Å². The Morgan fingerprint density at radius 3 is 2.24 bits per heavy atom. The van der Waals surface area contributed by atoms with Crippen molar-refractivity contribution >= 4 is 5.91 Å². The van der Waals surface area contributed by atoms with Gasteiger partial charge in [0.05, 0.1) is 12.0 Å². The first-order valence-corrected chi connectivity index (χ1v) is 7.01. The molecule has 0 spiro atoms. The highest BCUT2D eigenvalue weighted by Gasteiger charge is 2.34. The van der Waals surface area contributed by atoms with Gasteiger partial charge in [0.25, 0.3) is 0 Å². The molecule has 0 aliphatic heterocycles. The average Bonchev–Trinajstić information content (AvgIpc) is 2.86. The van der Waals surface area contributed by atoms with Crippen molar-refractivity contribution in [3.05, 3.63) is 0 Å². The van der Waals surface area contributed by atoms with Crippen molar-refractivity contribution in [3.8, 4) is 0 Å². The lowest BCUT2D eigenvalue weighted by atomic mass is 9.88. The summed E-state index contributed by atoms with van der Waals surface area (Å²) in [5, 5.41) is 13.2. The van der Waals surface area contributed by atoms with Crippen LogP contribution >= 0.6 is 0 Å². The maximum absolute atomic E-state index is 11.8. The van der Waals surface area contributed by atoms with E-state index in [0.717, 1.165) is 32.2 Å². The van der Waals surface area contributed by atoms with Gasteiger partial charge in [0, 0.05) is 6.54 Å². The summed E-state index contributed by atoms with van der Waals surface area (Å²) in [7, 11) is 0. The minimum absolute atomic E-state index is 0.0301. The van der Waals surface area contributed by atoms with Gasteiger partial charge in [-0.3, -0.25) is 4.79 Å². The summed E-state index contributed by atoms with van der Waals surface area (Å²) in [6.07, 6.45) is 9.00. The molecule has 2 aliphatic rings. The Morgan fingerprint density at radius 2 is 1.65 bits per heavy atom. The number of aliphatic hydroxyl groups is 1. The molecule has 0 aromatic heterocycles. The first-order chi connectivity index (χ1) is 8.02. The summed E-state index contributed by atoms with van der Waals surface area (Å²) in [5.74, 6) is 0.0301. The number of carbonyl (C=O) groups is 1. The van der Waals surface area contributed by atoms with Crippen LogP contribution in [0, 0.1) is 5.41 Å². The normalized spacial score (nSPS) is 26.0. The van der Waals surface area contributed by atoms with Gasteiger partial charge in [-0.1, -0.05) is 32.6 Å². The van der Waals surface area contributed by atoms with Crippen molar-refractivity contribution in [1.29, 1.82) is 0 Å². The molecule has 17 heavy (non-hydrogen) atoms. The fourth-order valence-electron chi connectivity index (χ4n) is 3.29. The molecular formula is C14H25NO2. The van der Waals surface area contributed by atoms with E-state index in [0.29, 0.717) is 11.8 Å². The molecule has 3 nitrogen and oxygen atoms in total. The smallest absolute Gasteiger partial charge is 0.222 e. The first-order valence-electron chi connectivity index (χ1n) is 7.01. The maximum Gasteiger partial charge on any atom is 0.222 e. The molecule has 98 valence electrons. The highest BCUT2D eigenvalue weighted by atomic mass is 16.3. The van der Waals surface area contributed by atoms with Gasteiger partial charge in [-0.15, -0.1) is 0 Å². The molecule has 0 saturated heterocycles. The molecule has 0 bridgehead atoms. The second-order valence-electron chi connectivity index (χ2n) is 6.40. The van der Waals surface area contributed by atoms with Crippen LogP contribution in [0.1, 0.15) is 64.7 Å². The molecule has 0 atom stereocenters. The largest absolute Gasteiger partial charge is 0.389 e. The number of hydrogen-bond donors (Lipinski definition) is 2. The van der Waals surface area contributed by atoms with E-state index in [9.17, 15) is 9.90 Å². The van der Waals surface area contributed by atoms with Gasteiger partial charge in [-0.2, -0.15) is 0 Å². The van der Waals surface area contributed by atoms with Crippen molar-refractivity contribution in [2.24, 2.45) is 5.41 Å². The molecule has 2 rings (SSSR count). The van der Waals surface area contributed by atoms with E-state index in [1.54, 1.807) is 0 Å². The molecule has 0 unspecified atom stereocenters. The van der Waals surface area contributed by atoms with Crippen LogP contribution in [0.15, 0.2) is 0 Å². The third kappa shape index (κ3) is 3.44. The standard InChI is InChI=1S/C14H25NO2/c1-13(6-2-3-7-13)11-15-12(16)10-14(17)8-4-5-9-14/h17H,2-11H2,1H3,(H,15,16). The van der Waals surface area contributed by atoms with Gasteiger partial charge in [-0.05, 0) is 31.1 Å². The fraction of sp³-hybridized carbons (Fsp3) is 0.929. The molecule has 3 heteroatoms. The zero-order valence-corrected chi connectivity index (χ0v) is 10.9. The fourth-order valence-corrected chi connectivity index (χ4v) is 3.29. The summed E-state index contributed by atoms with van der Waals surface area (Å²) in [6, 6.07) is 0. The molecular weight excluding hydrogens is 214 g/mol. The number of hydrogen-bond acceptors (Lipinski definition) is 2. The monoisotopic (exact) mass is 239 g/mol. The lowest BCUT2D eigenvalue weighted by Crippen LogP contribution is -2.39. The molecule has 0 aromatic carbocycles. The number of rotatable bonds is 4. The molecule has 0 radical (unpaired) electrons. The van der Waals surface area contributed by atoms with Crippen LogP contribution in [-0.2, 0) is 4.79 Å². The van der Waals surface area contributed by atoms with E-state index in [1.807, 2.05) is 0 Å². The van der Waals surface area contributed by atoms with Crippen molar-refractivity contribution in [2.45, 2.75) is 70.3 Å². The van der Waals surface area contributed by atoms with Crippen LogP contribution in [0.3, 0.4) is 0 Å². The van der Waals surface area contributed by atoms with Crippen LogP contribution in [0.25, 0.3) is 0 Å². The second-order valence-corrected chi connectivity index (χ2v) is 6.40. The zero-order valence-electron chi connectivity index (χ0n) is 10.9. The maximum atomic E-state index is 11.8. The van der Waals surface area contributed by atoms with Gasteiger partial charge in [0.1, 0.15) is 0 Å². The number of carbonyl (C=O) groups excluding carboxylic acids is 1. The van der Waals surface area contributed by atoms with Crippen LogP contribution in [-0.4, -0.2) is 23.2 Å². The Kier molecular flexibility index (Phi) is 3.76. The average molecular weight is 239 g/mol. The van der Waals surface area contributed by atoms with E-state index in [1.165, 1.54) is 25.7 Å². The van der Waals surface area contributed by atoms with Crippen LogP contribution < -0.4 is 5.32 Å².